The molecule has 8 heteroatoms. The molecule has 1 heterocycles. The maximum absolute atomic E-state index is 12.6. The molecule has 0 aromatic heterocycles. The lowest BCUT2D eigenvalue weighted by Crippen LogP contribution is -2.51. The molecule has 2 N–H and O–H groups in total. The van der Waals surface area contributed by atoms with Gasteiger partial charge in [-0.05, 0) is 43.6 Å². The first kappa shape index (κ1) is 22.0. The van der Waals surface area contributed by atoms with Crippen molar-refractivity contribution in [1.82, 2.24) is 10.2 Å². The van der Waals surface area contributed by atoms with E-state index in [1.807, 2.05) is 13.8 Å². The zero-order chi connectivity index (χ0) is 17.7. The molecule has 1 aromatic carbocycles. The van der Waals surface area contributed by atoms with Gasteiger partial charge in [0.2, 0.25) is 11.8 Å². The lowest BCUT2D eigenvalue weighted by Gasteiger charge is -2.34. The summed E-state index contributed by atoms with van der Waals surface area (Å²) < 4.78 is 0. The number of nitrogens with zero attached hydrogens (tertiary/aromatic N) is 1. The van der Waals surface area contributed by atoms with Crippen LogP contribution in [0.1, 0.15) is 20.3 Å². The molecule has 1 aromatic rings. The molecule has 25 heavy (non-hydrogen) atoms. The fourth-order valence-corrected chi connectivity index (χ4v) is 3.10. The number of hydrogen-bond acceptors (Lipinski definition) is 3. The Morgan fingerprint density at radius 1 is 1.36 bits per heavy atom. The molecule has 0 radical (unpaired) electrons. The number of anilines is 1. The third kappa shape index (κ3) is 6.03. The molecule has 0 saturated carbocycles. The maximum atomic E-state index is 12.6. The molecular weight excluding hydrogens is 385 g/mol. The van der Waals surface area contributed by atoms with Crippen molar-refractivity contribution in [3.8, 4) is 0 Å². The minimum absolute atomic E-state index is 0. The third-order valence-electron chi connectivity index (χ3n) is 4.25. The Bertz CT molecular complexity index is 609. The summed E-state index contributed by atoms with van der Waals surface area (Å²) in [6.45, 7) is 6.23. The normalized spacial score (nSPS) is 14.9. The Hall–Kier alpha value is -1.01. The van der Waals surface area contributed by atoms with Crippen LogP contribution < -0.4 is 10.6 Å². The van der Waals surface area contributed by atoms with Crippen molar-refractivity contribution in [1.29, 1.82) is 0 Å². The van der Waals surface area contributed by atoms with Gasteiger partial charge in [0.05, 0.1) is 17.3 Å². The van der Waals surface area contributed by atoms with Crippen LogP contribution in [-0.4, -0.2) is 42.9 Å². The number of halogens is 3. The molecule has 1 atom stereocenters. The lowest BCUT2D eigenvalue weighted by molar-refractivity contribution is -0.140. The Morgan fingerprint density at radius 3 is 2.56 bits per heavy atom. The van der Waals surface area contributed by atoms with Gasteiger partial charge in [-0.15, -0.1) is 12.4 Å². The Kier molecular flexibility index (Phi) is 9.00. The molecule has 0 bridgehead atoms. The summed E-state index contributed by atoms with van der Waals surface area (Å²) in [4.78, 5) is 26.6. The average molecular weight is 409 g/mol. The van der Waals surface area contributed by atoms with Crippen LogP contribution in [0.5, 0.6) is 0 Å². The van der Waals surface area contributed by atoms with Crippen LogP contribution in [0, 0.1) is 11.8 Å². The van der Waals surface area contributed by atoms with Crippen LogP contribution in [0.4, 0.5) is 5.69 Å². The highest BCUT2D eigenvalue weighted by molar-refractivity contribution is 6.36. The Balaban J connectivity index is 0.00000312. The molecule has 2 rings (SSSR count). The van der Waals surface area contributed by atoms with Crippen molar-refractivity contribution in [3.05, 3.63) is 28.2 Å². The standard InChI is InChI=1S/C17H23Cl2N3O2.ClH/c1-3-6-22(17(24)11(2)12-8-20-9-12)10-16(23)21-15-5-4-13(18)7-14(15)19;/h4-5,7,11-12,20H,3,6,8-10H2,1-2H3,(H,21,23);1H. The molecule has 1 fully saturated rings. The monoisotopic (exact) mass is 407 g/mol. The van der Waals surface area contributed by atoms with E-state index in [0.717, 1.165) is 19.5 Å². The first-order chi connectivity index (χ1) is 11.4. The van der Waals surface area contributed by atoms with Gasteiger partial charge in [0.15, 0.2) is 0 Å². The summed E-state index contributed by atoms with van der Waals surface area (Å²) in [5, 5.41) is 6.79. The summed E-state index contributed by atoms with van der Waals surface area (Å²) in [6.07, 6.45) is 0.802. The van der Waals surface area contributed by atoms with E-state index in [2.05, 4.69) is 10.6 Å². The maximum Gasteiger partial charge on any atom is 0.244 e. The van der Waals surface area contributed by atoms with Crippen LogP contribution in [0.15, 0.2) is 18.2 Å². The minimum Gasteiger partial charge on any atom is -0.333 e. The summed E-state index contributed by atoms with van der Waals surface area (Å²) in [5.74, 6) is 0.0380. The minimum atomic E-state index is -0.264. The predicted molar refractivity (Wildman–Crippen MR) is 105 cm³/mol. The zero-order valence-corrected chi connectivity index (χ0v) is 16.7. The number of carbonyl (C=O) groups excluding carboxylic acids is 2. The van der Waals surface area contributed by atoms with E-state index in [4.69, 9.17) is 23.2 Å². The topological polar surface area (TPSA) is 61.4 Å². The second-order valence-corrected chi connectivity index (χ2v) is 6.98. The first-order valence-corrected chi connectivity index (χ1v) is 8.92. The molecule has 1 saturated heterocycles. The van der Waals surface area contributed by atoms with Crippen LogP contribution in [0.25, 0.3) is 0 Å². The number of carbonyl (C=O) groups is 2. The number of hydrogen-bond donors (Lipinski definition) is 2. The van der Waals surface area contributed by atoms with Crippen molar-refractivity contribution in [2.75, 3.05) is 31.5 Å². The second kappa shape index (κ2) is 10.2. The van der Waals surface area contributed by atoms with Crippen molar-refractivity contribution in [3.63, 3.8) is 0 Å². The Morgan fingerprint density at radius 2 is 2.04 bits per heavy atom. The molecule has 2 amide bonds. The molecule has 1 unspecified atom stereocenters. The van der Waals surface area contributed by atoms with Gasteiger partial charge in [-0.25, -0.2) is 0 Å². The Labute approximate surface area is 164 Å². The molecule has 1 aliphatic heterocycles. The number of nitrogens with one attached hydrogen (secondary N) is 2. The molecule has 140 valence electrons. The molecule has 0 spiro atoms. The van der Waals surface area contributed by atoms with E-state index in [1.165, 1.54) is 0 Å². The summed E-state index contributed by atoms with van der Waals surface area (Å²) in [7, 11) is 0. The summed E-state index contributed by atoms with van der Waals surface area (Å²) in [6, 6.07) is 4.88. The van der Waals surface area contributed by atoms with Crippen LogP contribution in [-0.2, 0) is 9.59 Å². The summed E-state index contributed by atoms with van der Waals surface area (Å²) >= 11 is 11.9. The van der Waals surface area contributed by atoms with Gasteiger partial charge in [-0.2, -0.15) is 0 Å². The van der Waals surface area contributed by atoms with E-state index in [-0.39, 0.29) is 36.7 Å². The van der Waals surface area contributed by atoms with Gasteiger partial charge in [-0.3, -0.25) is 9.59 Å². The van der Waals surface area contributed by atoms with Gasteiger partial charge in [-0.1, -0.05) is 37.0 Å². The van der Waals surface area contributed by atoms with Crippen molar-refractivity contribution >= 4 is 53.1 Å². The lowest BCUT2D eigenvalue weighted by atomic mass is 9.88. The highest BCUT2D eigenvalue weighted by Gasteiger charge is 2.32. The third-order valence-corrected chi connectivity index (χ3v) is 4.80. The van der Waals surface area contributed by atoms with Crippen LogP contribution >= 0.6 is 35.6 Å². The molecule has 0 aliphatic carbocycles. The fourth-order valence-electron chi connectivity index (χ4n) is 2.65. The smallest absolute Gasteiger partial charge is 0.244 e. The SMILES string of the molecule is CCCN(CC(=O)Nc1ccc(Cl)cc1Cl)C(=O)C(C)C1CNC1.Cl. The molecular formula is C17H24Cl3N3O2. The zero-order valence-electron chi connectivity index (χ0n) is 14.4. The van der Waals surface area contributed by atoms with E-state index < -0.39 is 0 Å². The van der Waals surface area contributed by atoms with E-state index in [1.54, 1.807) is 23.1 Å². The van der Waals surface area contributed by atoms with Crippen LogP contribution in [0.3, 0.4) is 0 Å². The number of benzene rings is 1. The second-order valence-electron chi connectivity index (χ2n) is 6.14. The van der Waals surface area contributed by atoms with Crippen molar-refractivity contribution in [2.24, 2.45) is 11.8 Å². The van der Waals surface area contributed by atoms with Gasteiger partial charge in [0, 0.05) is 17.5 Å². The first-order valence-electron chi connectivity index (χ1n) is 8.16. The van der Waals surface area contributed by atoms with E-state index in [9.17, 15) is 9.59 Å². The number of amides is 2. The van der Waals surface area contributed by atoms with Gasteiger partial charge < -0.3 is 15.5 Å². The number of rotatable bonds is 7. The quantitative estimate of drug-likeness (QED) is 0.726. The van der Waals surface area contributed by atoms with Gasteiger partial charge >= 0.3 is 0 Å². The summed E-state index contributed by atoms with van der Waals surface area (Å²) in [5.41, 5.74) is 0.492. The largest absolute Gasteiger partial charge is 0.333 e. The van der Waals surface area contributed by atoms with Crippen molar-refractivity contribution < 1.29 is 9.59 Å². The van der Waals surface area contributed by atoms with Gasteiger partial charge in [0.1, 0.15) is 0 Å². The van der Waals surface area contributed by atoms with Crippen molar-refractivity contribution in [2.45, 2.75) is 20.3 Å². The molecule has 5 nitrogen and oxygen atoms in total. The van der Waals surface area contributed by atoms with E-state index in [0.29, 0.717) is 28.2 Å². The van der Waals surface area contributed by atoms with Gasteiger partial charge in [0.25, 0.3) is 0 Å². The van der Waals surface area contributed by atoms with Crippen LogP contribution in [0.2, 0.25) is 10.0 Å². The predicted octanol–water partition coefficient (Wildman–Crippen LogP) is 3.45. The highest BCUT2D eigenvalue weighted by Crippen LogP contribution is 2.25. The van der Waals surface area contributed by atoms with E-state index >= 15 is 0 Å². The highest BCUT2D eigenvalue weighted by atomic mass is 35.5. The average Bonchev–Trinajstić information content (AvgIpc) is 2.47. The molecule has 1 aliphatic rings. The fraction of sp³-hybridized carbons (Fsp3) is 0.529.